The van der Waals surface area contributed by atoms with Crippen LogP contribution in [-0.4, -0.2) is 41.4 Å². The molecule has 2 rings (SSSR count). The van der Waals surface area contributed by atoms with Gasteiger partial charge in [0.2, 0.25) is 11.8 Å². The molecule has 1 aromatic rings. The monoisotopic (exact) mass is 262 g/mol. The van der Waals surface area contributed by atoms with Crippen LogP contribution < -0.4 is 5.32 Å². The maximum Gasteiger partial charge on any atom is 0.335 e. The number of carbonyl (C=O) groups excluding carboxylic acids is 2. The van der Waals surface area contributed by atoms with E-state index in [1.54, 1.807) is 19.2 Å². The van der Waals surface area contributed by atoms with E-state index in [0.29, 0.717) is 12.2 Å². The highest BCUT2D eigenvalue weighted by molar-refractivity contribution is 5.98. The van der Waals surface area contributed by atoms with Gasteiger partial charge in [-0.1, -0.05) is 6.07 Å². The van der Waals surface area contributed by atoms with Gasteiger partial charge in [0.1, 0.15) is 0 Å². The average molecular weight is 262 g/mol. The summed E-state index contributed by atoms with van der Waals surface area (Å²) in [5.41, 5.74) is 0.532. The molecule has 1 saturated heterocycles. The van der Waals surface area contributed by atoms with E-state index in [1.807, 2.05) is 0 Å². The number of nitrogens with one attached hydrogen (secondary N) is 1. The Hall–Kier alpha value is -2.37. The Morgan fingerprint density at radius 2 is 2.16 bits per heavy atom. The molecule has 19 heavy (non-hydrogen) atoms. The number of carboxylic acids is 1. The molecule has 0 radical (unpaired) electrons. The highest BCUT2D eigenvalue weighted by Crippen LogP contribution is 2.19. The Labute approximate surface area is 110 Å². The summed E-state index contributed by atoms with van der Waals surface area (Å²) < 4.78 is 0. The van der Waals surface area contributed by atoms with Gasteiger partial charge in [-0.2, -0.15) is 0 Å². The number of hydrogen-bond donors (Lipinski definition) is 2. The molecule has 0 spiro atoms. The third kappa shape index (κ3) is 2.90. The summed E-state index contributed by atoms with van der Waals surface area (Å²) in [6.07, 6.45) is 0.195. The van der Waals surface area contributed by atoms with E-state index in [9.17, 15) is 14.4 Å². The second kappa shape index (κ2) is 5.09. The van der Waals surface area contributed by atoms with E-state index in [4.69, 9.17) is 5.11 Å². The molecule has 1 aliphatic heterocycles. The third-order valence-electron chi connectivity index (χ3n) is 3.09. The number of benzene rings is 1. The Morgan fingerprint density at radius 3 is 2.74 bits per heavy atom. The molecule has 6 nitrogen and oxygen atoms in total. The summed E-state index contributed by atoms with van der Waals surface area (Å²) >= 11 is 0. The van der Waals surface area contributed by atoms with Crippen molar-refractivity contribution < 1.29 is 19.5 Å². The Bertz CT molecular complexity index is 541. The Morgan fingerprint density at radius 1 is 1.42 bits per heavy atom. The highest BCUT2D eigenvalue weighted by atomic mass is 16.4. The van der Waals surface area contributed by atoms with E-state index in [0.717, 1.165) is 0 Å². The summed E-state index contributed by atoms with van der Waals surface area (Å²) in [5.74, 6) is -1.75. The molecule has 100 valence electrons. The normalized spacial score (nSPS) is 18.5. The molecule has 1 fully saturated rings. The predicted octanol–water partition coefficient (Wildman–Crippen LogP) is 0.802. The van der Waals surface area contributed by atoms with Gasteiger partial charge in [-0.15, -0.1) is 0 Å². The molecule has 0 saturated carbocycles. The van der Waals surface area contributed by atoms with Gasteiger partial charge in [0.05, 0.1) is 11.5 Å². The number of anilines is 1. The fourth-order valence-electron chi connectivity index (χ4n) is 2.01. The zero-order valence-corrected chi connectivity index (χ0v) is 10.4. The van der Waals surface area contributed by atoms with Crippen molar-refractivity contribution in [1.29, 1.82) is 0 Å². The van der Waals surface area contributed by atoms with Crippen molar-refractivity contribution in [2.24, 2.45) is 5.92 Å². The molecule has 1 aliphatic rings. The maximum absolute atomic E-state index is 11.9. The van der Waals surface area contributed by atoms with Crippen LogP contribution in [0.2, 0.25) is 0 Å². The molecule has 1 unspecified atom stereocenters. The van der Waals surface area contributed by atoms with E-state index >= 15 is 0 Å². The molecule has 1 heterocycles. The molecule has 6 heteroatoms. The quantitative estimate of drug-likeness (QED) is 0.843. The molecular formula is C13H14N2O4. The Kier molecular flexibility index (Phi) is 3.50. The van der Waals surface area contributed by atoms with Crippen molar-refractivity contribution in [3.63, 3.8) is 0 Å². The lowest BCUT2D eigenvalue weighted by Gasteiger charge is -2.11. The summed E-state index contributed by atoms with van der Waals surface area (Å²) in [6, 6.07) is 6.02. The molecule has 1 aromatic carbocycles. The zero-order chi connectivity index (χ0) is 14.0. The summed E-state index contributed by atoms with van der Waals surface area (Å²) in [7, 11) is 1.65. The van der Waals surface area contributed by atoms with Crippen LogP contribution in [0.4, 0.5) is 5.69 Å². The zero-order valence-electron chi connectivity index (χ0n) is 10.4. The lowest BCUT2D eigenvalue weighted by atomic mass is 10.1. The minimum Gasteiger partial charge on any atom is -0.478 e. The predicted molar refractivity (Wildman–Crippen MR) is 67.8 cm³/mol. The SMILES string of the molecule is CN1CC(C(=O)Nc2cccc(C(=O)O)c2)CC1=O. The van der Waals surface area contributed by atoms with Crippen molar-refractivity contribution in [3.8, 4) is 0 Å². The van der Waals surface area contributed by atoms with Crippen LogP contribution in [0.1, 0.15) is 16.8 Å². The largest absolute Gasteiger partial charge is 0.478 e. The Balaban J connectivity index is 2.05. The first-order valence-electron chi connectivity index (χ1n) is 5.85. The van der Waals surface area contributed by atoms with Gasteiger partial charge in [-0.3, -0.25) is 9.59 Å². The number of amides is 2. The van der Waals surface area contributed by atoms with Crippen molar-refractivity contribution in [1.82, 2.24) is 4.90 Å². The van der Waals surface area contributed by atoms with Crippen LogP contribution in [0, 0.1) is 5.92 Å². The van der Waals surface area contributed by atoms with E-state index in [1.165, 1.54) is 17.0 Å². The minimum atomic E-state index is -1.05. The van der Waals surface area contributed by atoms with Gasteiger partial charge < -0.3 is 15.3 Å². The van der Waals surface area contributed by atoms with E-state index < -0.39 is 5.97 Å². The number of aromatic carboxylic acids is 1. The molecule has 0 bridgehead atoms. The average Bonchev–Trinajstić information content (AvgIpc) is 2.70. The lowest BCUT2D eigenvalue weighted by molar-refractivity contribution is -0.127. The highest BCUT2D eigenvalue weighted by Gasteiger charge is 2.32. The standard InChI is InChI=1S/C13H14N2O4/c1-15-7-9(6-11(15)16)12(17)14-10-4-2-3-8(5-10)13(18)19/h2-5,9H,6-7H2,1H3,(H,14,17)(H,18,19). The third-order valence-corrected chi connectivity index (χ3v) is 3.09. The number of nitrogens with zero attached hydrogens (tertiary/aromatic N) is 1. The number of likely N-dealkylation sites (tertiary alicyclic amines) is 1. The van der Waals surface area contributed by atoms with E-state index in [2.05, 4.69) is 5.32 Å². The van der Waals surface area contributed by atoms with Crippen LogP contribution in [0.25, 0.3) is 0 Å². The molecular weight excluding hydrogens is 248 g/mol. The van der Waals surface area contributed by atoms with Gasteiger partial charge in [-0.25, -0.2) is 4.79 Å². The van der Waals surface area contributed by atoms with Crippen LogP contribution in [0.3, 0.4) is 0 Å². The van der Waals surface area contributed by atoms with Gasteiger partial charge in [0, 0.05) is 25.7 Å². The number of rotatable bonds is 3. The van der Waals surface area contributed by atoms with Crippen LogP contribution in [0.5, 0.6) is 0 Å². The van der Waals surface area contributed by atoms with Crippen molar-refractivity contribution in [2.45, 2.75) is 6.42 Å². The van der Waals surface area contributed by atoms with Gasteiger partial charge in [0.15, 0.2) is 0 Å². The summed E-state index contributed by atoms with van der Waals surface area (Å²) in [4.78, 5) is 35.6. The summed E-state index contributed by atoms with van der Waals surface area (Å²) in [6.45, 7) is 0.392. The van der Waals surface area contributed by atoms with Gasteiger partial charge in [-0.05, 0) is 18.2 Å². The van der Waals surface area contributed by atoms with Gasteiger partial charge in [0.25, 0.3) is 0 Å². The second-order valence-electron chi connectivity index (χ2n) is 4.55. The topological polar surface area (TPSA) is 86.7 Å². The smallest absolute Gasteiger partial charge is 0.335 e. The van der Waals surface area contributed by atoms with Crippen molar-refractivity contribution in [3.05, 3.63) is 29.8 Å². The molecule has 1 atom stereocenters. The maximum atomic E-state index is 11.9. The van der Waals surface area contributed by atoms with Crippen LogP contribution in [-0.2, 0) is 9.59 Å². The van der Waals surface area contributed by atoms with Crippen LogP contribution >= 0.6 is 0 Å². The number of carbonyl (C=O) groups is 3. The van der Waals surface area contributed by atoms with Crippen molar-refractivity contribution >= 4 is 23.5 Å². The fraction of sp³-hybridized carbons (Fsp3) is 0.308. The van der Waals surface area contributed by atoms with Crippen molar-refractivity contribution in [2.75, 3.05) is 18.9 Å². The first-order valence-corrected chi connectivity index (χ1v) is 5.85. The molecule has 0 aliphatic carbocycles. The molecule has 2 N–H and O–H groups in total. The molecule has 0 aromatic heterocycles. The van der Waals surface area contributed by atoms with Crippen LogP contribution in [0.15, 0.2) is 24.3 Å². The summed E-state index contributed by atoms with van der Waals surface area (Å²) in [5, 5.41) is 11.5. The number of hydrogen-bond acceptors (Lipinski definition) is 3. The first kappa shape index (κ1) is 13.1. The fourth-order valence-corrected chi connectivity index (χ4v) is 2.01. The number of carboxylic acid groups (broad SMARTS) is 1. The lowest BCUT2D eigenvalue weighted by Crippen LogP contribution is -2.25. The molecule has 2 amide bonds. The first-order chi connectivity index (χ1) is 8.97. The van der Waals surface area contributed by atoms with E-state index in [-0.39, 0.29) is 29.7 Å². The second-order valence-corrected chi connectivity index (χ2v) is 4.55. The van der Waals surface area contributed by atoms with Gasteiger partial charge >= 0.3 is 5.97 Å². The minimum absolute atomic E-state index is 0.0561.